The fourth-order valence-electron chi connectivity index (χ4n) is 2.04. The number of hydrogen-bond acceptors (Lipinski definition) is 2. The van der Waals surface area contributed by atoms with Crippen molar-refractivity contribution in [2.45, 2.75) is 29.7 Å². The molecule has 1 atom stereocenters. The summed E-state index contributed by atoms with van der Waals surface area (Å²) >= 11 is 12.7. The molecular formula is C17H14Cl2F3NOS. The Hall–Kier alpha value is -1.37. The number of thioether (sulfide) groups is 1. The van der Waals surface area contributed by atoms with Gasteiger partial charge in [0.2, 0.25) is 5.91 Å². The summed E-state index contributed by atoms with van der Waals surface area (Å²) in [4.78, 5) is 13.2. The van der Waals surface area contributed by atoms with E-state index in [-0.39, 0.29) is 11.6 Å². The van der Waals surface area contributed by atoms with Crippen LogP contribution in [0.1, 0.15) is 18.9 Å². The zero-order valence-electron chi connectivity index (χ0n) is 13.0. The summed E-state index contributed by atoms with van der Waals surface area (Å²) in [6.45, 7) is 1.83. The van der Waals surface area contributed by atoms with E-state index in [1.165, 1.54) is 17.8 Å². The first kappa shape index (κ1) is 19.9. The second-order valence-corrected chi connectivity index (χ2v) is 7.27. The summed E-state index contributed by atoms with van der Waals surface area (Å²) in [6, 6.07) is 10.3. The molecule has 0 heterocycles. The molecule has 0 aromatic heterocycles. The standard InChI is InChI=1S/C17H14Cl2F3NOS/c1-2-15(25-12-6-3-10(18)4-7-12)16(24)23-11-5-8-14(19)13(9-11)17(20,21)22/h3-9,15H,2H2,1H3,(H,23,24)/t15-/m0/s1. The molecule has 2 nitrogen and oxygen atoms in total. The summed E-state index contributed by atoms with van der Waals surface area (Å²) in [6.07, 6.45) is -4.07. The monoisotopic (exact) mass is 407 g/mol. The van der Waals surface area contributed by atoms with Crippen molar-refractivity contribution in [1.82, 2.24) is 0 Å². The lowest BCUT2D eigenvalue weighted by Crippen LogP contribution is -2.24. The molecule has 0 saturated carbocycles. The van der Waals surface area contributed by atoms with E-state index in [1.807, 2.05) is 6.92 Å². The predicted octanol–water partition coefficient (Wildman–Crippen LogP) is 6.52. The number of alkyl halides is 3. The Morgan fingerprint density at radius 1 is 1.16 bits per heavy atom. The fourth-order valence-corrected chi connectivity index (χ4v) is 3.35. The normalized spacial score (nSPS) is 12.7. The molecule has 0 aliphatic heterocycles. The van der Waals surface area contributed by atoms with E-state index < -0.39 is 22.0 Å². The minimum absolute atomic E-state index is 0.0527. The largest absolute Gasteiger partial charge is 0.417 e. The molecule has 2 aromatic carbocycles. The maximum atomic E-state index is 12.9. The highest BCUT2D eigenvalue weighted by Crippen LogP contribution is 2.36. The Labute approximate surface area is 157 Å². The van der Waals surface area contributed by atoms with Crippen molar-refractivity contribution in [2.75, 3.05) is 5.32 Å². The number of hydrogen-bond donors (Lipinski definition) is 1. The van der Waals surface area contributed by atoms with Gasteiger partial charge in [0.25, 0.3) is 0 Å². The van der Waals surface area contributed by atoms with Crippen LogP contribution in [-0.2, 0) is 11.0 Å². The fraction of sp³-hybridized carbons (Fsp3) is 0.235. The summed E-state index contributed by atoms with van der Waals surface area (Å²) in [5.41, 5.74) is -0.928. The number of halogens is 5. The molecule has 0 radical (unpaired) electrons. The Bertz CT molecular complexity index is 751. The molecule has 8 heteroatoms. The van der Waals surface area contributed by atoms with Gasteiger partial charge in [-0.2, -0.15) is 13.2 Å². The van der Waals surface area contributed by atoms with Crippen LogP contribution in [0.2, 0.25) is 10.0 Å². The molecule has 0 fully saturated rings. The lowest BCUT2D eigenvalue weighted by Gasteiger charge is -2.16. The number of amides is 1. The average Bonchev–Trinajstić information content (AvgIpc) is 2.55. The Morgan fingerprint density at radius 2 is 1.80 bits per heavy atom. The number of carbonyl (C=O) groups is 1. The van der Waals surface area contributed by atoms with Gasteiger partial charge in [0.15, 0.2) is 0 Å². The number of nitrogens with one attached hydrogen (secondary N) is 1. The second kappa shape index (κ2) is 8.34. The van der Waals surface area contributed by atoms with Crippen LogP contribution in [0.15, 0.2) is 47.4 Å². The van der Waals surface area contributed by atoms with Crippen LogP contribution in [0, 0.1) is 0 Å². The SMILES string of the molecule is CC[C@H](Sc1ccc(Cl)cc1)C(=O)Nc1ccc(Cl)c(C(F)(F)F)c1. The van der Waals surface area contributed by atoms with Gasteiger partial charge in [-0.25, -0.2) is 0 Å². The van der Waals surface area contributed by atoms with Crippen LogP contribution in [0.3, 0.4) is 0 Å². The number of rotatable bonds is 5. The van der Waals surface area contributed by atoms with Crippen molar-refractivity contribution in [3.8, 4) is 0 Å². The number of anilines is 1. The molecule has 0 saturated heterocycles. The molecule has 0 aliphatic rings. The zero-order valence-corrected chi connectivity index (χ0v) is 15.4. The van der Waals surface area contributed by atoms with Crippen molar-refractivity contribution in [1.29, 1.82) is 0 Å². The van der Waals surface area contributed by atoms with Crippen molar-refractivity contribution >= 4 is 46.6 Å². The van der Waals surface area contributed by atoms with E-state index in [0.29, 0.717) is 11.4 Å². The molecule has 0 aliphatic carbocycles. The first-order valence-electron chi connectivity index (χ1n) is 7.30. The average molecular weight is 408 g/mol. The maximum Gasteiger partial charge on any atom is 0.417 e. The Morgan fingerprint density at radius 3 is 2.36 bits per heavy atom. The third-order valence-electron chi connectivity index (χ3n) is 3.29. The van der Waals surface area contributed by atoms with Crippen LogP contribution >= 0.6 is 35.0 Å². The molecule has 2 rings (SSSR count). The molecule has 0 spiro atoms. The van der Waals surface area contributed by atoms with Gasteiger partial charge in [-0.1, -0.05) is 30.1 Å². The molecule has 25 heavy (non-hydrogen) atoms. The van der Waals surface area contributed by atoms with Crippen LogP contribution in [0.5, 0.6) is 0 Å². The lowest BCUT2D eigenvalue weighted by atomic mass is 10.2. The molecule has 1 N–H and O–H groups in total. The van der Waals surface area contributed by atoms with Gasteiger partial charge in [0, 0.05) is 15.6 Å². The Kier molecular flexibility index (Phi) is 6.65. The third kappa shape index (κ3) is 5.56. The van der Waals surface area contributed by atoms with Gasteiger partial charge < -0.3 is 5.32 Å². The first-order valence-corrected chi connectivity index (χ1v) is 8.94. The van der Waals surface area contributed by atoms with Crippen molar-refractivity contribution in [2.24, 2.45) is 0 Å². The van der Waals surface area contributed by atoms with Crippen LogP contribution in [0.25, 0.3) is 0 Å². The van der Waals surface area contributed by atoms with E-state index >= 15 is 0 Å². The van der Waals surface area contributed by atoms with E-state index in [0.717, 1.165) is 17.0 Å². The van der Waals surface area contributed by atoms with Gasteiger partial charge >= 0.3 is 6.18 Å². The predicted molar refractivity (Wildman–Crippen MR) is 96.5 cm³/mol. The van der Waals surface area contributed by atoms with Gasteiger partial charge in [-0.3, -0.25) is 4.79 Å². The number of carbonyl (C=O) groups excluding carboxylic acids is 1. The van der Waals surface area contributed by atoms with E-state index in [4.69, 9.17) is 23.2 Å². The number of benzene rings is 2. The lowest BCUT2D eigenvalue weighted by molar-refractivity contribution is -0.137. The van der Waals surface area contributed by atoms with E-state index in [9.17, 15) is 18.0 Å². The summed E-state index contributed by atoms with van der Waals surface area (Å²) in [5.74, 6) is -0.377. The van der Waals surface area contributed by atoms with Crippen LogP contribution < -0.4 is 5.32 Å². The first-order chi connectivity index (χ1) is 11.7. The molecular weight excluding hydrogens is 394 g/mol. The highest BCUT2D eigenvalue weighted by molar-refractivity contribution is 8.00. The summed E-state index contributed by atoms with van der Waals surface area (Å²) in [5, 5.41) is 2.24. The van der Waals surface area contributed by atoms with Gasteiger partial charge in [0.05, 0.1) is 15.8 Å². The van der Waals surface area contributed by atoms with Crippen LogP contribution in [-0.4, -0.2) is 11.2 Å². The quantitative estimate of drug-likeness (QED) is 0.571. The maximum absolute atomic E-state index is 12.9. The molecule has 134 valence electrons. The van der Waals surface area contributed by atoms with Gasteiger partial charge in [-0.15, -0.1) is 11.8 Å². The molecule has 0 unspecified atom stereocenters. The van der Waals surface area contributed by atoms with Gasteiger partial charge in [0.1, 0.15) is 0 Å². The highest BCUT2D eigenvalue weighted by atomic mass is 35.5. The summed E-state index contributed by atoms with van der Waals surface area (Å²) < 4.78 is 38.7. The van der Waals surface area contributed by atoms with E-state index in [2.05, 4.69) is 5.32 Å². The minimum atomic E-state index is -4.58. The molecule has 1 amide bonds. The van der Waals surface area contributed by atoms with Crippen LogP contribution in [0.4, 0.5) is 18.9 Å². The summed E-state index contributed by atoms with van der Waals surface area (Å²) in [7, 11) is 0. The van der Waals surface area contributed by atoms with E-state index in [1.54, 1.807) is 24.3 Å². The van der Waals surface area contributed by atoms with Crippen molar-refractivity contribution in [3.63, 3.8) is 0 Å². The molecule has 2 aromatic rings. The topological polar surface area (TPSA) is 29.1 Å². The zero-order chi connectivity index (χ0) is 18.6. The molecule has 0 bridgehead atoms. The van der Waals surface area contributed by atoms with Crippen molar-refractivity contribution < 1.29 is 18.0 Å². The third-order valence-corrected chi connectivity index (χ3v) is 5.25. The Balaban J connectivity index is 2.12. The second-order valence-electron chi connectivity index (χ2n) is 5.15. The minimum Gasteiger partial charge on any atom is -0.325 e. The van der Waals surface area contributed by atoms with Gasteiger partial charge in [-0.05, 0) is 48.9 Å². The van der Waals surface area contributed by atoms with Crippen molar-refractivity contribution in [3.05, 3.63) is 58.1 Å². The highest BCUT2D eigenvalue weighted by Gasteiger charge is 2.33. The smallest absolute Gasteiger partial charge is 0.325 e.